The minimum absolute atomic E-state index is 0.127. The summed E-state index contributed by atoms with van der Waals surface area (Å²) in [5.41, 5.74) is 2.07. The number of nitrogens with zero attached hydrogens (tertiary/aromatic N) is 2. The van der Waals surface area contributed by atoms with E-state index in [-0.39, 0.29) is 29.2 Å². The van der Waals surface area contributed by atoms with Gasteiger partial charge < -0.3 is 15.1 Å². The first-order valence-electron chi connectivity index (χ1n) is 9.73. The third-order valence-corrected chi connectivity index (χ3v) is 5.81. The zero-order valence-electron chi connectivity index (χ0n) is 17.3. The quantitative estimate of drug-likeness (QED) is 0.401. The molecule has 4 rings (SSSR count). The smallest absolute Gasteiger partial charge is 0.274 e. The fourth-order valence-electron chi connectivity index (χ4n) is 3.08. The van der Waals surface area contributed by atoms with Crippen LogP contribution in [0.5, 0.6) is 0 Å². The molecule has 1 aromatic carbocycles. The molecule has 0 saturated heterocycles. The summed E-state index contributed by atoms with van der Waals surface area (Å²) in [6.07, 6.45) is 1.61. The van der Waals surface area contributed by atoms with Gasteiger partial charge in [-0.15, -0.1) is 11.3 Å². The largest absolute Gasteiger partial charge is 0.435 e. The second kappa shape index (κ2) is 9.33. The van der Waals surface area contributed by atoms with Crippen LogP contribution in [0.4, 0.5) is 5.82 Å². The fraction of sp³-hybridized carbons (Fsp3) is 0.130. The van der Waals surface area contributed by atoms with Crippen molar-refractivity contribution in [2.24, 2.45) is 0 Å². The Kier molecular flexibility index (Phi) is 6.34. The van der Waals surface area contributed by atoms with Gasteiger partial charge in [0.2, 0.25) is 11.8 Å². The molecule has 32 heavy (non-hydrogen) atoms. The second-order valence-electron chi connectivity index (χ2n) is 7.00. The van der Waals surface area contributed by atoms with Crippen LogP contribution < -0.4 is 10.6 Å². The molecule has 9 heteroatoms. The van der Waals surface area contributed by atoms with Crippen LogP contribution >= 0.6 is 22.9 Å². The lowest BCUT2D eigenvalue weighted by Crippen LogP contribution is -2.23. The first-order valence-corrected chi connectivity index (χ1v) is 11.0. The summed E-state index contributed by atoms with van der Waals surface area (Å²) >= 11 is 7.94. The van der Waals surface area contributed by atoms with E-state index in [9.17, 15) is 9.59 Å². The number of benzene rings is 1. The molecule has 0 fully saturated rings. The molecular formula is C23H19ClN4O3S. The maximum absolute atomic E-state index is 13.0. The summed E-state index contributed by atoms with van der Waals surface area (Å²) < 4.78 is 6.07. The predicted octanol–water partition coefficient (Wildman–Crippen LogP) is 5.32. The number of anilines is 1. The highest BCUT2D eigenvalue weighted by molar-refractivity contribution is 7.09. The first-order chi connectivity index (χ1) is 15.4. The molecule has 0 aliphatic rings. The van der Waals surface area contributed by atoms with E-state index in [1.54, 1.807) is 41.8 Å². The number of thiophene rings is 1. The van der Waals surface area contributed by atoms with E-state index in [1.807, 2.05) is 30.5 Å². The second-order valence-corrected chi connectivity index (χ2v) is 8.44. The Hall–Kier alpha value is -3.49. The zero-order chi connectivity index (χ0) is 22.7. The third-order valence-electron chi connectivity index (χ3n) is 4.60. The molecular weight excluding hydrogens is 448 g/mol. The average molecular weight is 467 g/mol. The van der Waals surface area contributed by atoms with Crippen molar-refractivity contribution < 1.29 is 14.0 Å². The molecule has 4 aromatic rings. The number of hydrogen-bond acceptors (Lipinski definition) is 6. The Morgan fingerprint density at radius 2 is 1.97 bits per heavy atom. The van der Waals surface area contributed by atoms with Crippen molar-refractivity contribution in [2.45, 2.75) is 20.4 Å². The molecule has 0 unspecified atom stereocenters. The Labute approximate surface area is 193 Å². The predicted molar refractivity (Wildman–Crippen MR) is 125 cm³/mol. The normalized spacial score (nSPS) is 10.7. The van der Waals surface area contributed by atoms with Crippen molar-refractivity contribution in [3.05, 3.63) is 75.2 Å². The van der Waals surface area contributed by atoms with Gasteiger partial charge in [0.25, 0.3) is 5.91 Å². The van der Waals surface area contributed by atoms with E-state index in [0.29, 0.717) is 28.5 Å². The molecule has 0 aliphatic carbocycles. The van der Waals surface area contributed by atoms with Gasteiger partial charge in [0.05, 0.1) is 11.6 Å². The lowest BCUT2D eigenvalue weighted by molar-refractivity contribution is -0.114. The lowest BCUT2D eigenvalue weighted by Gasteiger charge is -2.05. The van der Waals surface area contributed by atoms with Crippen LogP contribution in [0.2, 0.25) is 5.02 Å². The fourth-order valence-corrected chi connectivity index (χ4v) is 3.95. The summed E-state index contributed by atoms with van der Waals surface area (Å²) in [5.74, 6) is 0.237. The monoisotopic (exact) mass is 466 g/mol. The zero-order valence-corrected chi connectivity index (χ0v) is 18.9. The lowest BCUT2D eigenvalue weighted by atomic mass is 10.1. The third kappa shape index (κ3) is 4.71. The Morgan fingerprint density at radius 1 is 1.16 bits per heavy atom. The molecule has 2 N–H and O–H groups in total. The molecule has 2 amide bonds. The van der Waals surface area contributed by atoms with Gasteiger partial charge in [-0.2, -0.15) is 0 Å². The van der Waals surface area contributed by atoms with E-state index in [0.717, 1.165) is 10.4 Å². The molecule has 162 valence electrons. The van der Waals surface area contributed by atoms with E-state index in [2.05, 4.69) is 20.6 Å². The van der Waals surface area contributed by atoms with Crippen LogP contribution in [-0.2, 0) is 11.3 Å². The number of hydrogen-bond donors (Lipinski definition) is 2. The Morgan fingerprint density at radius 3 is 2.69 bits per heavy atom. The van der Waals surface area contributed by atoms with Gasteiger partial charge in [-0.25, -0.2) is 9.97 Å². The molecule has 0 atom stereocenters. The van der Waals surface area contributed by atoms with Crippen molar-refractivity contribution in [1.82, 2.24) is 15.3 Å². The number of rotatable bonds is 6. The van der Waals surface area contributed by atoms with E-state index >= 15 is 0 Å². The number of oxazole rings is 1. The van der Waals surface area contributed by atoms with E-state index in [1.165, 1.54) is 6.92 Å². The number of nitrogens with one attached hydrogen (secondary N) is 2. The highest BCUT2D eigenvalue weighted by atomic mass is 35.5. The highest BCUT2D eigenvalue weighted by Crippen LogP contribution is 2.35. The van der Waals surface area contributed by atoms with Crippen molar-refractivity contribution >= 4 is 40.6 Å². The SMILES string of the molecule is CC(=O)Nc1cc(-c2nc(C(=O)NCc3cccs3)c(-c3ccccc3Cl)o2)c(C)cn1. The highest BCUT2D eigenvalue weighted by Gasteiger charge is 2.24. The van der Waals surface area contributed by atoms with Crippen molar-refractivity contribution in [1.29, 1.82) is 0 Å². The van der Waals surface area contributed by atoms with Crippen LogP contribution in [0.25, 0.3) is 22.8 Å². The number of pyridine rings is 1. The van der Waals surface area contributed by atoms with Crippen LogP contribution in [0.1, 0.15) is 27.9 Å². The van der Waals surface area contributed by atoms with Gasteiger partial charge in [0.15, 0.2) is 11.5 Å². The standard InChI is InChI=1S/C23H19ClN4O3S/c1-13-11-25-19(27-14(2)29)10-17(13)23-28-20(22(30)26-12-15-6-5-9-32-15)21(31-23)16-7-3-4-8-18(16)24/h3-11H,12H2,1-2H3,(H,26,30)(H,25,27,29). The maximum atomic E-state index is 13.0. The number of carbonyl (C=O) groups excluding carboxylic acids is 2. The molecule has 0 radical (unpaired) electrons. The van der Waals surface area contributed by atoms with Crippen LogP contribution in [0.3, 0.4) is 0 Å². The number of amides is 2. The van der Waals surface area contributed by atoms with Crippen LogP contribution in [-0.4, -0.2) is 21.8 Å². The number of carbonyl (C=O) groups is 2. The average Bonchev–Trinajstić information content (AvgIpc) is 3.43. The number of aryl methyl sites for hydroxylation is 1. The van der Waals surface area contributed by atoms with E-state index < -0.39 is 0 Å². The maximum Gasteiger partial charge on any atom is 0.274 e. The number of halogens is 1. The van der Waals surface area contributed by atoms with Gasteiger partial charge in [-0.3, -0.25) is 9.59 Å². The summed E-state index contributed by atoms with van der Waals surface area (Å²) in [7, 11) is 0. The summed E-state index contributed by atoms with van der Waals surface area (Å²) in [5, 5.41) is 7.91. The van der Waals surface area contributed by atoms with Gasteiger partial charge in [-0.05, 0) is 42.1 Å². The summed E-state index contributed by atoms with van der Waals surface area (Å²) in [4.78, 5) is 34.2. The topological polar surface area (TPSA) is 97.1 Å². The van der Waals surface area contributed by atoms with Crippen molar-refractivity contribution in [3.8, 4) is 22.8 Å². The molecule has 3 aromatic heterocycles. The molecule has 7 nitrogen and oxygen atoms in total. The molecule has 0 aliphatic heterocycles. The van der Waals surface area contributed by atoms with Gasteiger partial charge in [0.1, 0.15) is 5.82 Å². The molecule has 0 spiro atoms. The molecule has 3 heterocycles. The number of aromatic nitrogens is 2. The Balaban J connectivity index is 1.77. The van der Waals surface area contributed by atoms with Crippen molar-refractivity contribution in [2.75, 3.05) is 5.32 Å². The van der Waals surface area contributed by atoms with Crippen LogP contribution in [0, 0.1) is 6.92 Å². The first kappa shape index (κ1) is 21.7. The minimum Gasteiger partial charge on any atom is -0.435 e. The van der Waals surface area contributed by atoms with Gasteiger partial charge in [0, 0.05) is 29.1 Å². The summed E-state index contributed by atoms with van der Waals surface area (Å²) in [6, 6.07) is 12.6. The molecule has 0 saturated carbocycles. The van der Waals surface area contributed by atoms with Crippen molar-refractivity contribution in [3.63, 3.8) is 0 Å². The van der Waals surface area contributed by atoms with Gasteiger partial charge >= 0.3 is 0 Å². The van der Waals surface area contributed by atoms with Crippen LogP contribution in [0.15, 0.2) is 58.5 Å². The molecule has 0 bridgehead atoms. The van der Waals surface area contributed by atoms with Gasteiger partial charge in [-0.1, -0.05) is 29.8 Å². The minimum atomic E-state index is -0.378. The Bertz CT molecular complexity index is 1280. The summed E-state index contributed by atoms with van der Waals surface area (Å²) in [6.45, 7) is 3.62. The van der Waals surface area contributed by atoms with E-state index in [4.69, 9.17) is 16.0 Å².